The summed E-state index contributed by atoms with van der Waals surface area (Å²) in [7, 11) is -3.21. The molecule has 23 heavy (non-hydrogen) atoms. The highest BCUT2D eigenvalue weighted by Gasteiger charge is 2.34. The summed E-state index contributed by atoms with van der Waals surface area (Å²) in [5.74, 6) is -0.585. The van der Waals surface area contributed by atoms with Crippen molar-refractivity contribution in [3.8, 4) is 0 Å². The number of nitrogens with one attached hydrogen (secondary N) is 1. The number of fused-ring (bicyclic) bond motifs is 1. The third-order valence-corrected chi connectivity index (χ3v) is 5.61. The van der Waals surface area contributed by atoms with Crippen LogP contribution in [-0.4, -0.2) is 50.4 Å². The molecule has 124 valence electrons. The number of piperidine rings is 1. The van der Waals surface area contributed by atoms with E-state index in [-0.39, 0.29) is 24.3 Å². The van der Waals surface area contributed by atoms with Gasteiger partial charge in [-0.1, -0.05) is 12.1 Å². The van der Waals surface area contributed by atoms with Gasteiger partial charge in [0.25, 0.3) is 0 Å². The van der Waals surface area contributed by atoms with Gasteiger partial charge in [-0.25, -0.2) is 12.7 Å². The molecule has 2 amide bonds. The molecule has 0 bridgehead atoms. The smallest absolute Gasteiger partial charge is 0.244 e. The number of nitrogens with zero attached hydrogens (tertiary/aromatic N) is 2. The normalized spacial score (nSPS) is 20.0. The fourth-order valence-electron chi connectivity index (χ4n) is 3.08. The number of amides is 2. The van der Waals surface area contributed by atoms with Crippen LogP contribution in [0.5, 0.6) is 0 Å². The first kappa shape index (κ1) is 15.9. The Morgan fingerprint density at radius 3 is 2.52 bits per heavy atom. The standard InChI is InChI=1S/C15H19N3O4S/c1-23(21,22)17-8-6-11(7-9-17)15(20)18-10-14(19)16-12-4-2-3-5-13(12)18/h2-5,11H,6-10H2,1H3,(H,16,19). The van der Waals surface area contributed by atoms with Crippen LogP contribution in [0.15, 0.2) is 24.3 Å². The molecule has 1 aromatic rings. The summed E-state index contributed by atoms with van der Waals surface area (Å²) < 4.78 is 24.5. The minimum absolute atomic E-state index is 0.00212. The summed E-state index contributed by atoms with van der Waals surface area (Å²) in [6.45, 7) is 0.690. The maximum Gasteiger partial charge on any atom is 0.244 e. The molecule has 0 spiro atoms. The summed E-state index contributed by atoms with van der Waals surface area (Å²) in [6, 6.07) is 7.19. The first-order valence-electron chi connectivity index (χ1n) is 7.51. The van der Waals surface area contributed by atoms with E-state index in [0.29, 0.717) is 37.3 Å². The predicted octanol–water partition coefficient (Wildman–Crippen LogP) is 0.643. The fourth-order valence-corrected chi connectivity index (χ4v) is 3.96. The topological polar surface area (TPSA) is 86.8 Å². The lowest BCUT2D eigenvalue weighted by atomic mass is 9.95. The third-order valence-electron chi connectivity index (χ3n) is 4.31. The van der Waals surface area contributed by atoms with Gasteiger partial charge < -0.3 is 10.2 Å². The number of para-hydroxylation sites is 2. The number of hydrogen-bond acceptors (Lipinski definition) is 4. The molecule has 0 aliphatic carbocycles. The monoisotopic (exact) mass is 337 g/mol. The van der Waals surface area contributed by atoms with E-state index < -0.39 is 10.0 Å². The average molecular weight is 337 g/mol. The highest BCUT2D eigenvalue weighted by molar-refractivity contribution is 7.88. The number of carbonyl (C=O) groups excluding carboxylic acids is 2. The molecule has 1 aromatic carbocycles. The zero-order valence-corrected chi connectivity index (χ0v) is 13.7. The molecular weight excluding hydrogens is 318 g/mol. The second-order valence-electron chi connectivity index (χ2n) is 5.93. The van der Waals surface area contributed by atoms with Crippen LogP contribution in [0, 0.1) is 5.92 Å². The van der Waals surface area contributed by atoms with E-state index >= 15 is 0 Å². The van der Waals surface area contributed by atoms with Crippen molar-refractivity contribution in [2.45, 2.75) is 12.8 Å². The van der Waals surface area contributed by atoms with Gasteiger partial charge in [-0.15, -0.1) is 0 Å². The lowest BCUT2D eigenvalue weighted by molar-refractivity contribution is -0.125. The molecule has 0 radical (unpaired) electrons. The molecule has 0 saturated carbocycles. The molecule has 0 atom stereocenters. The van der Waals surface area contributed by atoms with Crippen LogP contribution in [0.3, 0.4) is 0 Å². The lowest BCUT2D eigenvalue weighted by Crippen LogP contribution is -2.48. The Bertz CT molecular complexity index is 739. The molecule has 0 aromatic heterocycles. The van der Waals surface area contributed by atoms with E-state index in [9.17, 15) is 18.0 Å². The van der Waals surface area contributed by atoms with E-state index in [4.69, 9.17) is 0 Å². The van der Waals surface area contributed by atoms with Crippen LogP contribution in [-0.2, 0) is 19.6 Å². The van der Waals surface area contributed by atoms with Gasteiger partial charge in [-0.3, -0.25) is 9.59 Å². The van der Waals surface area contributed by atoms with Crippen LogP contribution >= 0.6 is 0 Å². The minimum atomic E-state index is -3.21. The SMILES string of the molecule is CS(=O)(=O)N1CCC(C(=O)N2CC(=O)Nc3ccccc32)CC1. The number of carbonyl (C=O) groups is 2. The number of anilines is 2. The van der Waals surface area contributed by atoms with E-state index in [1.165, 1.54) is 15.5 Å². The van der Waals surface area contributed by atoms with Gasteiger partial charge in [-0.05, 0) is 25.0 Å². The van der Waals surface area contributed by atoms with E-state index in [2.05, 4.69) is 5.32 Å². The summed E-state index contributed by atoms with van der Waals surface area (Å²) >= 11 is 0. The molecule has 8 heteroatoms. The van der Waals surface area contributed by atoms with Crippen molar-refractivity contribution < 1.29 is 18.0 Å². The van der Waals surface area contributed by atoms with Gasteiger partial charge in [0.05, 0.1) is 17.6 Å². The Morgan fingerprint density at radius 2 is 1.87 bits per heavy atom. The summed E-state index contributed by atoms with van der Waals surface area (Å²) in [5.41, 5.74) is 1.33. The van der Waals surface area contributed by atoms with Crippen molar-refractivity contribution in [2.75, 3.05) is 36.1 Å². The summed E-state index contributed by atoms with van der Waals surface area (Å²) in [6.07, 6.45) is 2.14. The molecule has 1 fully saturated rings. The van der Waals surface area contributed by atoms with Gasteiger partial charge in [0, 0.05) is 19.0 Å². The van der Waals surface area contributed by atoms with E-state index in [1.807, 2.05) is 6.07 Å². The van der Waals surface area contributed by atoms with Crippen LogP contribution in [0.2, 0.25) is 0 Å². The Balaban J connectivity index is 1.76. The van der Waals surface area contributed by atoms with Gasteiger partial charge in [0.1, 0.15) is 6.54 Å². The molecule has 3 rings (SSSR count). The van der Waals surface area contributed by atoms with Crippen molar-refractivity contribution in [1.82, 2.24) is 4.31 Å². The van der Waals surface area contributed by atoms with Crippen LogP contribution in [0.4, 0.5) is 11.4 Å². The second-order valence-corrected chi connectivity index (χ2v) is 7.91. The van der Waals surface area contributed by atoms with E-state index in [1.54, 1.807) is 18.2 Å². The molecule has 7 nitrogen and oxygen atoms in total. The quantitative estimate of drug-likeness (QED) is 0.858. The summed E-state index contributed by atoms with van der Waals surface area (Å²) in [5, 5.41) is 2.75. The first-order chi connectivity index (χ1) is 10.9. The van der Waals surface area contributed by atoms with Gasteiger partial charge in [0.15, 0.2) is 0 Å². The van der Waals surface area contributed by atoms with Crippen LogP contribution in [0.1, 0.15) is 12.8 Å². The van der Waals surface area contributed by atoms with Crippen molar-refractivity contribution >= 4 is 33.2 Å². The van der Waals surface area contributed by atoms with Crippen LogP contribution in [0.25, 0.3) is 0 Å². The summed E-state index contributed by atoms with van der Waals surface area (Å²) in [4.78, 5) is 26.1. The van der Waals surface area contributed by atoms with Crippen molar-refractivity contribution in [3.63, 3.8) is 0 Å². The Morgan fingerprint density at radius 1 is 1.22 bits per heavy atom. The van der Waals surface area contributed by atoms with Crippen LogP contribution < -0.4 is 10.2 Å². The molecule has 1 N–H and O–H groups in total. The first-order valence-corrected chi connectivity index (χ1v) is 9.36. The molecule has 2 aliphatic heterocycles. The zero-order valence-electron chi connectivity index (χ0n) is 12.9. The number of hydrogen-bond donors (Lipinski definition) is 1. The highest BCUT2D eigenvalue weighted by Crippen LogP contribution is 2.31. The second kappa shape index (κ2) is 5.93. The minimum Gasteiger partial charge on any atom is -0.323 e. The van der Waals surface area contributed by atoms with Crippen molar-refractivity contribution in [1.29, 1.82) is 0 Å². The Kier molecular flexibility index (Phi) is 4.11. The third kappa shape index (κ3) is 3.23. The van der Waals surface area contributed by atoms with Gasteiger partial charge in [-0.2, -0.15) is 0 Å². The average Bonchev–Trinajstić information content (AvgIpc) is 2.52. The zero-order chi connectivity index (χ0) is 16.6. The highest BCUT2D eigenvalue weighted by atomic mass is 32.2. The predicted molar refractivity (Wildman–Crippen MR) is 86.6 cm³/mol. The molecule has 1 saturated heterocycles. The molecule has 2 aliphatic rings. The van der Waals surface area contributed by atoms with Gasteiger partial charge >= 0.3 is 0 Å². The number of sulfonamides is 1. The Hall–Kier alpha value is -1.93. The largest absolute Gasteiger partial charge is 0.323 e. The number of rotatable bonds is 2. The maximum atomic E-state index is 12.8. The van der Waals surface area contributed by atoms with Gasteiger partial charge in [0.2, 0.25) is 21.8 Å². The fraction of sp³-hybridized carbons (Fsp3) is 0.467. The van der Waals surface area contributed by atoms with Crippen molar-refractivity contribution in [3.05, 3.63) is 24.3 Å². The number of benzene rings is 1. The molecule has 0 unspecified atom stereocenters. The molecule has 2 heterocycles. The maximum absolute atomic E-state index is 12.8. The van der Waals surface area contributed by atoms with E-state index in [0.717, 1.165) is 0 Å². The lowest BCUT2D eigenvalue weighted by Gasteiger charge is -2.35. The molecular formula is C15H19N3O4S. The van der Waals surface area contributed by atoms with Crippen molar-refractivity contribution in [2.24, 2.45) is 5.92 Å². The Labute approximate surface area is 135 Å².